The van der Waals surface area contributed by atoms with Gasteiger partial charge in [-0.25, -0.2) is 0 Å². The predicted octanol–water partition coefficient (Wildman–Crippen LogP) is 2.32. The minimum atomic E-state index is 0.717. The monoisotopic (exact) mass is 159 g/mol. The fourth-order valence-electron chi connectivity index (χ4n) is 1.16. The Morgan fingerprint density at radius 3 is 2.58 bits per heavy atom. The molecule has 2 nitrogen and oxygen atoms in total. The lowest BCUT2D eigenvalue weighted by molar-refractivity contribution is 0.246. The third-order valence-electron chi connectivity index (χ3n) is 1.76. The average Bonchev–Trinajstić information content (AvgIpc) is 2.54. The zero-order valence-electron chi connectivity index (χ0n) is 6.66. The Kier molecular flexibility index (Phi) is 1.67. The average molecular weight is 159 g/mol. The number of nitrogens with zero attached hydrogens (tertiary/aromatic N) is 1. The molecule has 12 heavy (non-hydrogen) atoms. The van der Waals surface area contributed by atoms with Crippen molar-refractivity contribution in [2.45, 2.75) is 6.42 Å². The van der Waals surface area contributed by atoms with E-state index in [9.17, 15) is 0 Å². The molecule has 0 saturated carbocycles. The maximum Gasteiger partial charge on any atom is 0.134 e. The van der Waals surface area contributed by atoms with Gasteiger partial charge >= 0.3 is 0 Å². The van der Waals surface area contributed by atoms with Crippen LogP contribution < -0.4 is 0 Å². The lowest BCUT2D eigenvalue weighted by atomic mass is 10.1. The van der Waals surface area contributed by atoms with Crippen LogP contribution in [-0.2, 0) is 4.84 Å². The summed E-state index contributed by atoms with van der Waals surface area (Å²) in [5.41, 5.74) is 2.07. The van der Waals surface area contributed by atoms with Crippen molar-refractivity contribution in [1.82, 2.24) is 0 Å². The van der Waals surface area contributed by atoms with Gasteiger partial charge in [-0.2, -0.15) is 0 Å². The van der Waals surface area contributed by atoms with Crippen molar-refractivity contribution in [3.63, 3.8) is 0 Å². The Hall–Kier alpha value is -1.57. The molecule has 1 aromatic carbocycles. The highest BCUT2D eigenvalue weighted by Gasteiger charge is 2.13. The standard InChI is InChI=1S/C10H9NO/c1-8-7-10(11-12-8)9-5-3-2-4-6-9/h2-6H,1,7H2. The second-order valence-electron chi connectivity index (χ2n) is 2.71. The van der Waals surface area contributed by atoms with E-state index < -0.39 is 0 Å². The van der Waals surface area contributed by atoms with Gasteiger partial charge in [0.05, 0.1) is 12.1 Å². The maximum absolute atomic E-state index is 4.91. The summed E-state index contributed by atoms with van der Waals surface area (Å²) in [6.07, 6.45) is 0.726. The molecule has 0 aromatic heterocycles. The van der Waals surface area contributed by atoms with Crippen LogP contribution in [0.3, 0.4) is 0 Å². The van der Waals surface area contributed by atoms with E-state index >= 15 is 0 Å². The molecule has 0 aliphatic carbocycles. The lowest BCUT2D eigenvalue weighted by Gasteiger charge is -1.94. The van der Waals surface area contributed by atoms with Crippen LogP contribution in [0.5, 0.6) is 0 Å². The Morgan fingerprint density at radius 2 is 2.00 bits per heavy atom. The molecule has 2 heteroatoms. The van der Waals surface area contributed by atoms with Crippen molar-refractivity contribution < 1.29 is 4.84 Å². The highest BCUT2D eigenvalue weighted by atomic mass is 16.6. The summed E-state index contributed by atoms with van der Waals surface area (Å²) in [5, 5.41) is 3.90. The van der Waals surface area contributed by atoms with E-state index in [1.165, 1.54) is 0 Å². The third-order valence-corrected chi connectivity index (χ3v) is 1.76. The molecule has 60 valence electrons. The van der Waals surface area contributed by atoms with E-state index in [4.69, 9.17) is 4.84 Å². The SMILES string of the molecule is C=C1CC(c2ccccc2)=NO1. The Morgan fingerprint density at radius 1 is 1.25 bits per heavy atom. The highest BCUT2D eigenvalue weighted by molar-refractivity contribution is 6.02. The smallest absolute Gasteiger partial charge is 0.134 e. The Balaban J connectivity index is 2.28. The second-order valence-corrected chi connectivity index (χ2v) is 2.71. The maximum atomic E-state index is 4.91. The molecule has 0 radical (unpaired) electrons. The first kappa shape index (κ1) is 7.10. The number of rotatable bonds is 1. The van der Waals surface area contributed by atoms with Crippen molar-refractivity contribution in [3.05, 3.63) is 48.2 Å². The molecule has 1 aromatic rings. The van der Waals surface area contributed by atoms with E-state index in [1.807, 2.05) is 30.3 Å². The van der Waals surface area contributed by atoms with Crippen LogP contribution in [0.2, 0.25) is 0 Å². The first-order valence-electron chi connectivity index (χ1n) is 3.83. The van der Waals surface area contributed by atoms with Crippen molar-refractivity contribution >= 4 is 5.71 Å². The van der Waals surface area contributed by atoms with Gasteiger partial charge in [0.2, 0.25) is 0 Å². The van der Waals surface area contributed by atoms with Crippen molar-refractivity contribution in [1.29, 1.82) is 0 Å². The fraction of sp³-hybridized carbons (Fsp3) is 0.100. The molecule has 2 rings (SSSR count). The van der Waals surface area contributed by atoms with E-state index in [0.29, 0.717) is 5.76 Å². The van der Waals surface area contributed by atoms with Crippen LogP contribution in [0.4, 0.5) is 0 Å². The topological polar surface area (TPSA) is 21.6 Å². The molecule has 0 saturated heterocycles. The minimum absolute atomic E-state index is 0.717. The molecule has 0 fully saturated rings. The molecular formula is C10H9NO. The molecule has 1 aliphatic heterocycles. The molecule has 0 N–H and O–H groups in total. The zero-order chi connectivity index (χ0) is 8.39. The summed E-state index contributed by atoms with van der Waals surface area (Å²) in [4.78, 5) is 4.91. The minimum Gasteiger partial charge on any atom is -0.361 e. The first-order valence-corrected chi connectivity index (χ1v) is 3.83. The molecule has 0 spiro atoms. The molecule has 1 aliphatic rings. The van der Waals surface area contributed by atoms with Gasteiger partial charge in [-0.1, -0.05) is 42.1 Å². The van der Waals surface area contributed by atoms with Gasteiger partial charge in [0.1, 0.15) is 5.76 Å². The quantitative estimate of drug-likeness (QED) is 0.616. The normalized spacial score (nSPS) is 15.7. The van der Waals surface area contributed by atoms with E-state index in [1.54, 1.807) is 0 Å². The predicted molar refractivity (Wildman–Crippen MR) is 47.8 cm³/mol. The molecule has 1 heterocycles. The zero-order valence-corrected chi connectivity index (χ0v) is 6.66. The third kappa shape index (κ3) is 1.23. The van der Waals surface area contributed by atoms with Gasteiger partial charge in [0.15, 0.2) is 0 Å². The molecule has 0 atom stereocenters. The van der Waals surface area contributed by atoms with E-state index in [0.717, 1.165) is 17.7 Å². The van der Waals surface area contributed by atoms with Gasteiger partial charge in [0.25, 0.3) is 0 Å². The highest BCUT2D eigenvalue weighted by Crippen LogP contribution is 2.17. The van der Waals surface area contributed by atoms with E-state index in [-0.39, 0.29) is 0 Å². The first-order chi connectivity index (χ1) is 5.86. The largest absolute Gasteiger partial charge is 0.361 e. The molecular weight excluding hydrogens is 150 g/mol. The lowest BCUT2D eigenvalue weighted by Crippen LogP contribution is -1.94. The van der Waals surface area contributed by atoms with Crippen molar-refractivity contribution in [2.24, 2.45) is 5.16 Å². The number of oxime groups is 1. The second kappa shape index (κ2) is 2.81. The van der Waals surface area contributed by atoms with Crippen LogP contribution >= 0.6 is 0 Å². The van der Waals surface area contributed by atoms with Crippen LogP contribution in [0, 0.1) is 0 Å². The van der Waals surface area contributed by atoms with E-state index in [2.05, 4.69) is 11.7 Å². The summed E-state index contributed by atoms with van der Waals surface area (Å²) in [6, 6.07) is 9.98. The molecule has 0 unspecified atom stereocenters. The van der Waals surface area contributed by atoms with Gasteiger partial charge in [-0.15, -0.1) is 0 Å². The summed E-state index contributed by atoms with van der Waals surface area (Å²) < 4.78 is 0. The number of benzene rings is 1. The number of hydrogen-bond donors (Lipinski definition) is 0. The molecule has 0 amide bonds. The van der Waals surface area contributed by atoms with Crippen LogP contribution in [0.25, 0.3) is 0 Å². The summed E-state index contributed by atoms with van der Waals surface area (Å²) in [5.74, 6) is 0.717. The Labute approximate surface area is 71.2 Å². The van der Waals surface area contributed by atoms with Gasteiger partial charge in [-0.3, -0.25) is 0 Å². The summed E-state index contributed by atoms with van der Waals surface area (Å²) >= 11 is 0. The number of hydrogen-bond acceptors (Lipinski definition) is 2. The van der Waals surface area contributed by atoms with Gasteiger partial charge < -0.3 is 4.84 Å². The summed E-state index contributed by atoms with van der Waals surface area (Å²) in [6.45, 7) is 3.69. The van der Waals surface area contributed by atoms with Crippen LogP contribution in [-0.4, -0.2) is 5.71 Å². The Bertz CT molecular complexity index is 327. The fourth-order valence-corrected chi connectivity index (χ4v) is 1.16. The molecule has 0 bridgehead atoms. The van der Waals surface area contributed by atoms with Crippen LogP contribution in [0.1, 0.15) is 12.0 Å². The van der Waals surface area contributed by atoms with Crippen LogP contribution in [0.15, 0.2) is 47.8 Å². The summed E-state index contributed by atoms with van der Waals surface area (Å²) in [7, 11) is 0. The van der Waals surface area contributed by atoms with Crippen molar-refractivity contribution in [2.75, 3.05) is 0 Å². The van der Waals surface area contributed by atoms with Gasteiger partial charge in [-0.05, 0) is 5.56 Å². The van der Waals surface area contributed by atoms with Crippen molar-refractivity contribution in [3.8, 4) is 0 Å². The van der Waals surface area contributed by atoms with Gasteiger partial charge in [0, 0.05) is 0 Å². The number of allylic oxidation sites excluding steroid dienone is 1.